The van der Waals surface area contributed by atoms with E-state index in [1.54, 1.807) is 0 Å². The molecule has 0 aromatic carbocycles. The molecule has 3 rings (SSSR count). The van der Waals surface area contributed by atoms with E-state index in [-0.39, 0.29) is 0 Å². The third-order valence-corrected chi connectivity index (χ3v) is 4.56. The predicted octanol–water partition coefficient (Wildman–Crippen LogP) is 1.74. The lowest BCUT2D eigenvalue weighted by Crippen LogP contribution is -2.28. The fraction of sp³-hybridized carbons (Fsp3) is 0.800. The summed E-state index contributed by atoms with van der Waals surface area (Å²) in [6, 6.07) is 0.303. The van der Waals surface area contributed by atoms with Gasteiger partial charge in [0.05, 0.1) is 11.8 Å². The first-order chi connectivity index (χ1) is 9.24. The third-order valence-electron chi connectivity index (χ3n) is 4.56. The third kappa shape index (κ3) is 2.84. The van der Waals surface area contributed by atoms with Crippen LogP contribution in [0.15, 0.2) is 0 Å². The summed E-state index contributed by atoms with van der Waals surface area (Å²) in [4.78, 5) is 4.81. The van der Waals surface area contributed by atoms with Gasteiger partial charge in [-0.05, 0) is 38.5 Å². The Labute approximate surface area is 115 Å². The molecule has 106 valence electrons. The Morgan fingerprint density at radius 1 is 1.37 bits per heavy atom. The van der Waals surface area contributed by atoms with E-state index in [0.29, 0.717) is 12.1 Å². The first-order valence-corrected chi connectivity index (χ1v) is 7.64. The molecule has 0 bridgehead atoms. The van der Waals surface area contributed by atoms with Crippen LogP contribution in [0, 0.1) is 0 Å². The Kier molecular flexibility index (Phi) is 3.89. The topological polar surface area (TPSA) is 53.1 Å². The Bertz CT molecular complexity index is 435. The number of hydrogen-bond donors (Lipinski definition) is 1. The maximum Gasteiger partial charge on any atom is 0.109 e. The molecule has 0 radical (unpaired) electrons. The maximum absolute atomic E-state index is 6.03. The quantitative estimate of drug-likeness (QED) is 0.903. The normalized spacial score (nSPS) is 27.3. The van der Waals surface area contributed by atoms with Gasteiger partial charge in [-0.2, -0.15) is 0 Å². The minimum atomic E-state index is 0.303. The van der Waals surface area contributed by atoms with Gasteiger partial charge in [-0.25, -0.2) is 4.98 Å². The highest BCUT2D eigenvalue weighted by Crippen LogP contribution is 2.23. The van der Waals surface area contributed by atoms with Crippen molar-refractivity contribution in [1.82, 2.24) is 9.55 Å². The zero-order chi connectivity index (χ0) is 13.2. The molecule has 2 N–H and O–H groups in total. The van der Waals surface area contributed by atoms with E-state index >= 15 is 0 Å². The molecule has 2 unspecified atom stereocenters. The summed E-state index contributed by atoms with van der Waals surface area (Å²) in [6.07, 6.45) is 9.47. The number of aryl methyl sites for hydroxylation is 1. The standard InChI is InChI=1S/C15H25N3O/c1-18-14-7-5-11(16)10-13(14)17-15(18)8-6-12-4-2-3-9-19-12/h11-12H,2-10,16H2,1H3. The van der Waals surface area contributed by atoms with Crippen LogP contribution in [0.4, 0.5) is 0 Å². The highest BCUT2D eigenvalue weighted by atomic mass is 16.5. The first kappa shape index (κ1) is 13.1. The van der Waals surface area contributed by atoms with E-state index in [2.05, 4.69) is 11.6 Å². The monoisotopic (exact) mass is 263 g/mol. The van der Waals surface area contributed by atoms with Crippen molar-refractivity contribution in [2.75, 3.05) is 6.61 Å². The second-order valence-electron chi connectivity index (χ2n) is 6.01. The number of nitrogens with two attached hydrogens (primary N) is 1. The second-order valence-corrected chi connectivity index (χ2v) is 6.01. The lowest BCUT2D eigenvalue weighted by Gasteiger charge is -2.22. The molecule has 0 amide bonds. The number of nitrogens with zero attached hydrogens (tertiary/aromatic N) is 2. The van der Waals surface area contributed by atoms with Crippen LogP contribution in [0.5, 0.6) is 0 Å². The van der Waals surface area contributed by atoms with Crippen LogP contribution in [0.25, 0.3) is 0 Å². The van der Waals surface area contributed by atoms with Gasteiger partial charge in [0, 0.05) is 38.2 Å². The summed E-state index contributed by atoms with van der Waals surface area (Å²) >= 11 is 0. The molecule has 4 heteroatoms. The molecule has 0 saturated carbocycles. The van der Waals surface area contributed by atoms with Crippen molar-refractivity contribution in [2.24, 2.45) is 12.8 Å². The fourth-order valence-electron chi connectivity index (χ4n) is 3.34. The van der Waals surface area contributed by atoms with Gasteiger partial charge < -0.3 is 15.0 Å². The van der Waals surface area contributed by atoms with Crippen LogP contribution in [-0.4, -0.2) is 28.3 Å². The van der Waals surface area contributed by atoms with E-state index in [1.807, 2.05) is 0 Å². The van der Waals surface area contributed by atoms with E-state index in [9.17, 15) is 0 Å². The highest BCUT2D eigenvalue weighted by Gasteiger charge is 2.22. The van der Waals surface area contributed by atoms with E-state index in [1.165, 1.54) is 36.5 Å². The molecule has 1 aromatic heterocycles. The van der Waals surface area contributed by atoms with Crippen LogP contribution in [-0.2, 0) is 31.0 Å². The molecule has 2 atom stereocenters. The minimum absolute atomic E-state index is 0.303. The molecule has 1 saturated heterocycles. The Morgan fingerprint density at radius 3 is 3.05 bits per heavy atom. The van der Waals surface area contributed by atoms with Crippen molar-refractivity contribution >= 4 is 0 Å². The van der Waals surface area contributed by atoms with Gasteiger partial charge in [0.1, 0.15) is 5.82 Å². The van der Waals surface area contributed by atoms with Crippen molar-refractivity contribution in [1.29, 1.82) is 0 Å². The summed E-state index contributed by atoms with van der Waals surface area (Å²) < 4.78 is 8.10. The van der Waals surface area contributed by atoms with Gasteiger partial charge in [-0.1, -0.05) is 0 Å². The second kappa shape index (κ2) is 5.63. The van der Waals surface area contributed by atoms with Crippen molar-refractivity contribution < 1.29 is 4.74 Å². The molecular formula is C15H25N3O. The minimum Gasteiger partial charge on any atom is -0.378 e. The predicted molar refractivity (Wildman–Crippen MR) is 75.1 cm³/mol. The summed E-state index contributed by atoms with van der Waals surface area (Å²) in [5.74, 6) is 1.22. The number of rotatable bonds is 3. The van der Waals surface area contributed by atoms with Gasteiger partial charge in [0.2, 0.25) is 0 Å². The maximum atomic E-state index is 6.03. The number of aromatic nitrogens is 2. The SMILES string of the molecule is Cn1c(CCC2CCCCO2)nc2c1CCC(N)C2. The largest absolute Gasteiger partial charge is 0.378 e. The van der Waals surface area contributed by atoms with Crippen molar-refractivity contribution in [3.8, 4) is 0 Å². The Balaban J connectivity index is 1.64. The van der Waals surface area contributed by atoms with Gasteiger partial charge in [0.15, 0.2) is 0 Å². The Morgan fingerprint density at radius 2 is 2.26 bits per heavy atom. The average molecular weight is 263 g/mol. The molecule has 1 aromatic rings. The van der Waals surface area contributed by atoms with E-state index < -0.39 is 0 Å². The zero-order valence-corrected chi connectivity index (χ0v) is 11.9. The van der Waals surface area contributed by atoms with Gasteiger partial charge in [0.25, 0.3) is 0 Å². The molecule has 2 aliphatic rings. The molecule has 1 aliphatic carbocycles. The highest BCUT2D eigenvalue weighted by molar-refractivity contribution is 5.21. The van der Waals surface area contributed by atoms with Crippen LogP contribution in [0.3, 0.4) is 0 Å². The molecule has 1 fully saturated rings. The lowest BCUT2D eigenvalue weighted by molar-refractivity contribution is 0.0111. The molecule has 19 heavy (non-hydrogen) atoms. The van der Waals surface area contributed by atoms with Gasteiger partial charge in [-0.15, -0.1) is 0 Å². The molecular weight excluding hydrogens is 238 g/mol. The summed E-state index contributed by atoms with van der Waals surface area (Å²) in [5, 5.41) is 0. The van der Waals surface area contributed by atoms with Crippen molar-refractivity contribution in [2.45, 2.75) is 63.5 Å². The number of fused-ring (bicyclic) bond motifs is 1. The average Bonchev–Trinajstić information content (AvgIpc) is 2.74. The van der Waals surface area contributed by atoms with E-state index in [4.69, 9.17) is 15.5 Å². The van der Waals surface area contributed by atoms with Crippen LogP contribution < -0.4 is 5.73 Å². The molecule has 4 nitrogen and oxygen atoms in total. The van der Waals surface area contributed by atoms with Crippen LogP contribution in [0.1, 0.15) is 49.3 Å². The van der Waals surface area contributed by atoms with Crippen molar-refractivity contribution in [3.05, 3.63) is 17.2 Å². The molecule has 2 heterocycles. The smallest absolute Gasteiger partial charge is 0.109 e. The van der Waals surface area contributed by atoms with E-state index in [0.717, 1.165) is 38.7 Å². The first-order valence-electron chi connectivity index (χ1n) is 7.64. The number of hydrogen-bond acceptors (Lipinski definition) is 3. The summed E-state index contributed by atoms with van der Waals surface area (Å²) in [6.45, 7) is 0.941. The van der Waals surface area contributed by atoms with Crippen molar-refractivity contribution in [3.63, 3.8) is 0 Å². The Hall–Kier alpha value is -0.870. The lowest BCUT2D eigenvalue weighted by atomic mass is 9.97. The molecule has 1 aliphatic heterocycles. The summed E-state index contributed by atoms with van der Waals surface area (Å²) in [5.41, 5.74) is 8.67. The summed E-state index contributed by atoms with van der Waals surface area (Å²) in [7, 11) is 2.15. The molecule has 0 spiro atoms. The number of imidazole rings is 1. The van der Waals surface area contributed by atoms with Crippen LogP contribution in [0.2, 0.25) is 0 Å². The van der Waals surface area contributed by atoms with Gasteiger partial charge >= 0.3 is 0 Å². The fourth-order valence-corrected chi connectivity index (χ4v) is 3.34. The van der Waals surface area contributed by atoms with Gasteiger partial charge in [-0.3, -0.25) is 0 Å². The van der Waals surface area contributed by atoms with Crippen LogP contribution >= 0.6 is 0 Å². The number of ether oxygens (including phenoxy) is 1. The zero-order valence-electron chi connectivity index (χ0n) is 11.9.